The first-order chi connectivity index (χ1) is 7.77. The summed E-state index contributed by atoms with van der Waals surface area (Å²) in [5.41, 5.74) is 5.25. The quantitative estimate of drug-likeness (QED) is 0.627. The molecule has 0 atom stereocenters. The summed E-state index contributed by atoms with van der Waals surface area (Å²) in [7, 11) is 0. The molecule has 1 N–H and O–H groups in total. The minimum Gasteiger partial charge on any atom is -0.114 e. The molecule has 0 aromatic heterocycles. The molecule has 2 aromatic carbocycles. The number of nitrogens with one attached hydrogen (secondary N) is 1. The van der Waals surface area contributed by atoms with E-state index in [4.69, 9.17) is 0 Å². The van der Waals surface area contributed by atoms with Crippen LogP contribution in [0.2, 0.25) is 0 Å². The maximum atomic E-state index is 11.8. The number of nitrogens with zero attached hydrogens (tertiary/aromatic N) is 1. The molecule has 0 radical (unpaired) electrons. The maximum absolute atomic E-state index is 11.8. The summed E-state index contributed by atoms with van der Waals surface area (Å²) in [6.07, 6.45) is 0. The van der Waals surface area contributed by atoms with Crippen molar-refractivity contribution in [2.75, 3.05) is 5.43 Å². The summed E-state index contributed by atoms with van der Waals surface area (Å²) in [6, 6.07) is 16.7. The van der Waals surface area contributed by atoms with E-state index < -0.39 is 0 Å². The lowest BCUT2D eigenvalue weighted by atomic mass is 10.2. The average molecular weight is 245 g/mol. The Hall–Kier alpha value is -2.16. The van der Waals surface area contributed by atoms with Crippen LogP contribution in [0, 0.1) is 11.8 Å². The van der Waals surface area contributed by atoms with Crippen molar-refractivity contribution < 1.29 is 4.87 Å². The average Bonchev–Trinajstić information content (AvgIpc) is 2.33. The van der Waals surface area contributed by atoms with Gasteiger partial charge in [0.05, 0.1) is 4.91 Å². The van der Waals surface area contributed by atoms with Crippen LogP contribution in [0.1, 0.15) is 20.4 Å². The molecule has 18 heavy (non-hydrogen) atoms. The van der Waals surface area contributed by atoms with Gasteiger partial charge in [-0.15, -0.1) is 5.43 Å². The molecule has 0 aliphatic rings. The Morgan fingerprint density at radius 1 is 0.889 bits per heavy atom. The van der Waals surface area contributed by atoms with Gasteiger partial charge in [0, 0.05) is 12.1 Å². The second-order valence-electron chi connectivity index (χ2n) is 3.56. The highest BCUT2D eigenvalue weighted by Crippen LogP contribution is 2.16. The molecule has 2 rings (SSSR count). The van der Waals surface area contributed by atoms with E-state index in [1.165, 1.54) is 0 Å². The van der Waals surface area contributed by atoms with E-state index in [0.717, 1.165) is 16.1 Å². The molecule has 0 saturated heterocycles. The Labute approximate surface area is 109 Å². The fourth-order valence-corrected chi connectivity index (χ4v) is 1.44. The van der Waals surface area contributed by atoms with Crippen molar-refractivity contribution in [3.05, 3.63) is 65.1 Å². The monoisotopic (exact) mass is 245 g/mol. The topological polar surface area (TPSA) is 32.1 Å². The largest absolute Gasteiger partial charge is 0.292 e. The van der Waals surface area contributed by atoms with E-state index in [1.807, 2.05) is 49.4 Å². The molecule has 3 heteroatoms. The Balaban J connectivity index is 0.00000144. The number of hydrazine groups is 1. The molecule has 3 nitrogen and oxygen atoms in total. The van der Waals surface area contributed by atoms with Gasteiger partial charge in [0.2, 0.25) is 0 Å². The first-order valence-corrected chi connectivity index (χ1v) is 5.12. The Bertz CT molecular complexity index is 495. The zero-order valence-electron chi connectivity index (χ0n) is 9.05. The van der Waals surface area contributed by atoms with Crippen LogP contribution >= 0.6 is 0 Å². The molecule has 96 valence electrons. The summed E-state index contributed by atoms with van der Waals surface area (Å²) in [5.74, 6) is 0. The van der Waals surface area contributed by atoms with Crippen molar-refractivity contribution in [2.24, 2.45) is 0 Å². The third kappa shape index (κ3) is 3.70. The Morgan fingerprint density at radius 2 is 1.44 bits per heavy atom. The number of hydrogen-bond acceptors (Lipinski definition) is 1. The standard InChI is InChI=1S/C13H13N2O.2CH4/c1-11-7-5-6-10-13(11)14-15(16)12-8-3-2-4-9-12;;/h2-10H,1H3,(H,14,16);2*1H4/q+1;;. The van der Waals surface area contributed by atoms with Crippen LogP contribution < -0.4 is 5.43 Å². The number of rotatable bonds is 3. The van der Waals surface area contributed by atoms with Gasteiger partial charge >= 0.3 is 0 Å². The van der Waals surface area contributed by atoms with Gasteiger partial charge in [0.1, 0.15) is 5.69 Å². The van der Waals surface area contributed by atoms with E-state index in [0.29, 0.717) is 5.69 Å². The van der Waals surface area contributed by atoms with Gasteiger partial charge in [-0.1, -0.05) is 51.3 Å². The summed E-state index contributed by atoms with van der Waals surface area (Å²) in [5, 5.41) is 0. The van der Waals surface area contributed by atoms with Gasteiger partial charge in [-0.3, -0.25) is 0 Å². The van der Waals surface area contributed by atoms with Crippen LogP contribution in [0.3, 0.4) is 0 Å². The fourth-order valence-electron chi connectivity index (χ4n) is 1.44. The van der Waals surface area contributed by atoms with Crippen LogP contribution in [-0.2, 0) is 0 Å². The van der Waals surface area contributed by atoms with Crippen molar-refractivity contribution in [3.63, 3.8) is 0 Å². The minimum absolute atomic E-state index is 0. The highest BCUT2D eigenvalue weighted by atomic mass is 16.3. The predicted octanol–water partition coefficient (Wildman–Crippen LogP) is 4.70. The number of nitroso groups, excluding NO2 is 1. The van der Waals surface area contributed by atoms with E-state index in [9.17, 15) is 4.91 Å². The zero-order valence-corrected chi connectivity index (χ0v) is 9.05. The molecular weight excluding hydrogens is 224 g/mol. The van der Waals surface area contributed by atoms with Crippen LogP contribution in [-0.4, -0.2) is 4.87 Å². The van der Waals surface area contributed by atoms with Gasteiger partial charge in [-0.25, -0.2) is 0 Å². The molecule has 0 bridgehead atoms. The molecule has 0 spiro atoms. The second kappa shape index (κ2) is 7.22. The third-order valence-electron chi connectivity index (χ3n) is 2.36. The summed E-state index contributed by atoms with van der Waals surface area (Å²) < 4.78 is 0. The molecular formula is C15H21N2O+. The number of hydrogen-bond donors (Lipinski definition) is 1. The molecule has 2 aromatic rings. The smallest absolute Gasteiger partial charge is 0.114 e. The van der Waals surface area contributed by atoms with Crippen LogP contribution in [0.25, 0.3) is 0 Å². The molecule has 0 unspecified atom stereocenters. The summed E-state index contributed by atoms with van der Waals surface area (Å²) in [4.78, 5) is 12.5. The van der Waals surface area contributed by atoms with Crippen molar-refractivity contribution in [1.82, 2.24) is 0 Å². The van der Waals surface area contributed by atoms with Crippen LogP contribution in [0.4, 0.5) is 11.4 Å². The zero-order chi connectivity index (χ0) is 11.4. The van der Waals surface area contributed by atoms with Gasteiger partial charge in [-0.2, -0.15) is 0 Å². The van der Waals surface area contributed by atoms with Crippen molar-refractivity contribution >= 4 is 11.4 Å². The second-order valence-corrected chi connectivity index (χ2v) is 3.56. The van der Waals surface area contributed by atoms with E-state index >= 15 is 0 Å². The number of anilines is 1. The van der Waals surface area contributed by atoms with Crippen molar-refractivity contribution in [3.8, 4) is 0 Å². The van der Waals surface area contributed by atoms with Gasteiger partial charge in [0.15, 0.2) is 4.87 Å². The highest BCUT2D eigenvalue weighted by Gasteiger charge is 2.13. The fraction of sp³-hybridized carbons (Fsp3) is 0.200. The molecule has 0 fully saturated rings. The number of benzene rings is 2. The van der Waals surface area contributed by atoms with Gasteiger partial charge < -0.3 is 0 Å². The first kappa shape index (κ1) is 15.8. The van der Waals surface area contributed by atoms with Crippen LogP contribution in [0.15, 0.2) is 54.6 Å². The lowest BCUT2D eigenvalue weighted by Gasteiger charge is -2.00. The predicted molar refractivity (Wildman–Crippen MR) is 78.0 cm³/mol. The minimum atomic E-state index is 0. The number of aryl methyl sites for hydroxylation is 1. The third-order valence-corrected chi connectivity index (χ3v) is 2.36. The normalized spacial score (nSPS) is 8.72. The molecule has 0 heterocycles. The van der Waals surface area contributed by atoms with Crippen LogP contribution in [0.5, 0.6) is 0 Å². The lowest BCUT2D eigenvalue weighted by molar-refractivity contribution is -0.427. The maximum Gasteiger partial charge on any atom is 0.292 e. The molecule has 0 aliphatic heterocycles. The summed E-state index contributed by atoms with van der Waals surface area (Å²) in [6.45, 7) is 1.96. The lowest BCUT2D eigenvalue weighted by Crippen LogP contribution is -2.10. The van der Waals surface area contributed by atoms with E-state index in [1.54, 1.807) is 12.1 Å². The molecule has 0 saturated carbocycles. The van der Waals surface area contributed by atoms with E-state index in [2.05, 4.69) is 5.43 Å². The Morgan fingerprint density at radius 3 is 2.06 bits per heavy atom. The highest BCUT2D eigenvalue weighted by molar-refractivity contribution is 5.48. The Kier molecular flexibility index (Phi) is 6.35. The number of para-hydroxylation sites is 2. The van der Waals surface area contributed by atoms with Crippen molar-refractivity contribution in [1.29, 1.82) is 0 Å². The summed E-state index contributed by atoms with van der Waals surface area (Å²) >= 11 is 0. The first-order valence-electron chi connectivity index (χ1n) is 5.12. The van der Waals surface area contributed by atoms with Gasteiger partial charge in [0.25, 0.3) is 5.69 Å². The SMILES string of the molecule is C.C.Cc1ccccc1N[N+](=O)c1ccccc1. The molecule has 0 aliphatic carbocycles. The molecule has 0 amide bonds. The van der Waals surface area contributed by atoms with Crippen molar-refractivity contribution in [2.45, 2.75) is 21.8 Å². The van der Waals surface area contributed by atoms with Gasteiger partial charge in [-0.05, 0) is 18.6 Å². The van der Waals surface area contributed by atoms with E-state index in [-0.39, 0.29) is 14.9 Å².